The van der Waals surface area contributed by atoms with Crippen LogP contribution in [0.1, 0.15) is 55.5 Å². The van der Waals surface area contributed by atoms with Gasteiger partial charge in [-0.2, -0.15) is 0 Å². The molecule has 0 aliphatic heterocycles. The highest BCUT2D eigenvalue weighted by atomic mass is 35.5. The fraction of sp³-hybridized carbons (Fsp3) is 0.368. The highest BCUT2D eigenvalue weighted by Gasteiger charge is 2.18. The summed E-state index contributed by atoms with van der Waals surface area (Å²) in [5.41, 5.74) is 11.4. The van der Waals surface area contributed by atoms with E-state index in [0.29, 0.717) is 0 Å². The van der Waals surface area contributed by atoms with Crippen LogP contribution in [0.15, 0.2) is 42.5 Å². The van der Waals surface area contributed by atoms with E-state index in [1.165, 1.54) is 11.1 Å². The predicted molar refractivity (Wildman–Crippen MR) is 92.0 cm³/mol. The highest BCUT2D eigenvalue weighted by Crippen LogP contribution is 2.30. The Kier molecular flexibility index (Phi) is 4.75. The Labute approximate surface area is 133 Å². The topological polar surface area (TPSA) is 26.0 Å². The Morgan fingerprint density at radius 2 is 1.71 bits per heavy atom. The minimum absolute atomic E-state index is 0.137. The Hall–Kier alpha value is -1.31. The lowest BCUT2D eigenvalue weighted by Crippen LogP contribution is -2.17. The Bertz CT molecular complexity index is 614. The van der Waals surface area contributed by atoms with Gasteiger partial charge in [0, 0.05) is 5.02 Å². The van der Waals surface area contributed by atoms with Crippen LogP contribution in [0.2, 0.25) is 5.02 Å². The van der Waals surface area contributed by atoms with Crippen LogP contribution in [0.25, 0.3) is 0 Å². The molecule has 2 rings (SSSR count). The second-order valence-corrected chi connectivity index (χ2v) is 6.77. The molecule has 0 heterocycles. The minimum Gasteiger partial charge on any atom is -0.320 e. The van der Waals surface area contributed by atoms with Crippen molar-refractivity contribution in [2.45, 2.75) is 45.6 Å². The van der Waals surface area contributed by atoms with Gasteiger partial charge in [0.15, 0.2) is 0 Å². The largest absolute Gasteiger partial charge is 0.320 e. The number of nitrogens with two attached hydrogens (primary N) is 1. The van der Waals surface area contributed by atoms with Gasteiger partial charge in [0.05, 0.1) is 6.04 Å². The number of halogens is 1. The van der Waals surface area contributed by atoms with Crippen molar-refractivity contribution in [1.82, 2.24) is 0 Å². The molecule has 0 fully saturated rings. The van der Waals surface area contributed by atoms with Crippen LogP contribution in [-0.4, -0.2) is 0 Å². The van der Waals surface area contributed by atoms with Crippen molar-refractivity contribution in [3.05, 3.63) is 69.7 Å². The molecule has 2 aromatic rings. The van der Waals surface area contributed by atoms with Gasteiger partial charge in [0.25, 0.3) is 0 Å². The fourth-order valence-electron chi connectivity index (χ4n) is 2.47. The molecule has 0 radical (unpaired) electrons. The average molecular weight is 302 g/mol. The molecular weight excluding hydrogens is 278 g/mol. The third kappa shape index (κ3) is 3.48. The first-order valence-corrected chi connectivity index (χ1v) is 7.85. The molecule has 21 heavy (non-hydrogen) atoms. The summed E-state index contributed by atoms with van der Waals surface area (Å²) in [5.74, 6) is 0. The Balaban J connectivity index is 2.32. The van der Waals surface area contributed by atoms with Crippen molar-refractivity contribution < 1.29 is 0 Å². The summed E-state index contributed by atoms with van der Waals surface area (Å²) in [6, 6.07) is 14.4. The lowest BCUT2D eigenvalue weighted by Gasteiger charge is -2.24. The molecule has 0 aromatic heterocycles. The van der Waals surface area contributed by atoms with Crippen LogP contribution in [0.5, 0.6) is 0 Å². The lowest BCUT2D eigenvalue weighted by atomic mass is 9.81. The first-order chi connectivity index (χ1) is 9.85. The van der Waals surface area contributed by atoms with Gasteiger partial charge >= 0.3 is 0 Å². The number of hydrogen-bond donors (Lipinski definition) is 1. The zero-order valence-electron chi connectivity index (χ0n) is 13.3. The monoisotopic (exact) mass is 301 g/mol. The van der Waals surface area contributed by atoms with E-state index < -0.39 is 0 Å². The molecule has 0 saturated heterocycles. The van der Waals surface area contributed by atoms with Gasteiger partial charge in [0.2, 0.25) is 0 Å². The average Bonchev–Trinajstić information content (AvgIpc) is 2.49. The number of rotatable bonds is 4. The van der Waals surface area contributed by atoms with Crippen LogP contribution in [-0.2, 0) is 5.41 Å². The molecular formula is C19H24ClN. The van der Waals surface area contributed by atoms with E-state index in [4.69, 9.17) is 17.3 Å². The van der Waals surface area contributed by atoms with Gasteiger partial charge in [-0.25, -0.2) is 0 Å². The van der Waals surface area contributed by atoms with Crippen molar-refractivity contribution in [3.63, 3.8) is 0 Å². The van der Waals surface area contributed by atoms with Crippen molar-refractivity contribution in [2.75, 3.05) is 0 Å². The highest BCUT2D eigenvalue weighted by molar-refractivity contribution is 6.30. The smallest absolute Gasteiger partial charge is 0.0554 e. The first-order valence-electron chi connectivity index (χ1n) is 7.47. The second kappa shape index (κ2) is 6.21. The van der Waals surface area contributed by atoms with Gasteiger partial charge in [0.1, 0.15) is 0 Å². The third-order valence-corrected chi connectivity index (χ3v) is 4.75. The quantitative estimate of drug-likeness (QED) is 0.805. The van der Waals surface area contributed by atoms with Crippen molar-refractivity contribution in [3.8, 4) is 0 Å². The van der Waals surface area contributed by atoms with E-state index in [1.54, 1.807) is 0 Å². The summed E-state index contributed by atoms with van der Waals surface area (Å²) in [7, 11) is 0. The molecule has 0 bridgehead atoms. The molecule has 0 spiro atoms. The fourth-order valence-corrected chi connectivity index (χ4v) is 2.65. The molecule has 2 heteroatoms. The zero-order valence-corrected chi connectivity index (χ0v) is 14.0. The maximum absolute atomic E-state index is 6.42. The molecule has 1 atom stereocenters. The molecule has 0 aliphatic carbocycles. The summed E-state index contributed by atoms with van der Waals surface area (Å²) in [6.07, 6.45) is 1.12. The predicted octanol–water partition coefficient (Wildman–Crippen LogP) is 5.38. The van der Waals surface area contributed by atoms with Crippen molar-refractivity contribution >= 4 is 11.6 Å². The Morgan fingerprint density at radius 3 is 2.29 bits per heavy atom. The summed E-state index contributed by atoms with van der Waals surface area (Å²) in [5, 5.41) is 0.731. The van der Waals surface area contributed by atoms with Crippen LogP contribution in [0.4, 0.5) is 0 Å². The van der Waals surface area contributed by atoms with E-state index in [2.05, 4.69) is 52.0 Å². The van der Waals surface area contributed by atoms with Gasteiger partial charge < -0.3 is 5.73 Å². The molecule has 112 valence electrons. The van der Waals surface area contributed by atoms with E-state index >= 15 is 0 Å². The number of benzene rings is 2. The lowest BCUT2D eigenvalue weighted by molar-refractivity contribution is 0.506. The van der Waals surface area contributed by atoms with Gasteiger partial charge in [-0.1, -0.05) is 62.7 Å². The zero-order chi connectivity index (χ0) is 15.6. The minimum atomic E-state index is -0.137. The van der Waals surface area contributed by atoms with Crippen molar-refractivity contribution in [2.24, 2.45) is 5.73 Å². The summed E-state index contributed by atoms with van der Waals surface area (Å²) < 4.78 is 0. The van der Waals surface area contributed by atoms with Crippen LogP contribution >= 0.6 is 11.6 Å². The number of aryl methyl sites for hydroxylation is 1. The van der Waals surface area contributed by atoms with E-state index in [9.17, 15) is 0 Å². The normalized spacial score (nSPS) is 13.2. The molecule has 0 aliphatic rings. The molecule has 1 unspecified atom stereocenters. The second-order valence-electron chi connectivity index (χ2n) is 6.34. The van der Waals surface area contributed by atoms with E-state index in [0.717, 1.165) is 22.6 Å². The Morgan fingerprint density at radius 1 is 1.10 bits per heavy atom. The standard InChI is InChI=1S/C19H24ClN/c1-5-19(3,4)15-9-7-14(8-10-15)18(21)17-12-16(20)11-6-13(17)2/h6-12,18H,5,21H2,1-4H3. The summed E-state index contributed by atoms with van der Waals surface area (Å²) >= 11 is 6.10. The molecule has 1 nitrogen and oxygen atoms in total. The van der Waals surface area contributed by atoms with Crippen LogP contribution in [0.3, 0.4) is 0 Å². The van der Waals surface area contributed by atoms with E-state index in [1.807, 2.05) is 18.2 Å². The SMILES string of the molecule is CCC(C)(C)c1ccc(C(N)c2cc(Cl)ccc2C)cc1. The van der Waals surface area contributed by atoms with E-state index in [-0.39, 0.29) is 11.5 Å². The molecule has 0 saturated carbocycles. The first kappa shape index (κ1) is 16.1. The molecule has 0 amide bonds. The third-order valence-electron chi connectivity index (χ3n) is 4.51. The summed E-state index contributed by atoms with van der Waals surface area (Å²) in [4.78, 5) is 0. The van der Waals surface area contributed by atoms with Gasteiger partial charge in [-0.15, -0.1) is 0 Å². The van der Waals surface area contributed by atoms with Crippen molar-refractivity contribution in [1.29, 1.82) is 0 Å². The van der Waals surface area contributed by atoms with Gasteiger partial charge in [-0.3, -0.25) is 0 Å². The van der Waals surface area contributed by atoms with Crippen LogP contribution in [0, 0.1) is 6.92 Å². The number of hydrogen-bond acceptors (Lipinski definition) is 1. The molecule has 2 N–H and O–H groups in total. The van der Waals surface area contributed by atoms with Gasteiger partial charge in [-0.05, 0) is 53.1 Å². The maximum Gasteiger partial charge on any atom is 0.0554 e. The van der Waals surface area contributed by atoms with Crippen LogP contribution < -0.4 is 5.73 Å². The summed E-state index contributed by atoms with van der Waals surface area (Å²) in [6.45, 7) is 8.82. The molecule has 2 aromatic carbocycles. The maximum atomic E-state index is 6.42.